The molecule has 0 saturated carbocycles. The van der Waals surface area contributed by atoms with Crippen LogP contribution in [0.2, 0.25) is 24.2 Å². The maximum Gasteiger partial charge on any atom is 0.159 e. The molecule has 0 atom stereocenters. The first-order valence-corrected chi connectivity index (χ1v) is 44.4. The Kier molecular flexibility index (Phi) is 15.4. The summed E-state index contributed by atoms with van der Waals surface area (Å²) in [6, 6.07) is 148. The Labute approximate surface area is 648 Å². The lowest BCUT2D eigenvalue weighted by Gasteiger charge is -2.36. The largest absolute Gasteiger partial charge is 0.454 e. The summed E-state index contributed by atoms with van der Waals surface area (Å²) in [5.41, 5.74) is 20.4. The zero-order chi connectivity index (χ0) is 73.2. The normalized spacial score (nSPS) is 14.8. The fourth-order valence-electron chi connectivity index (χ4n) is 20.5. The average molecular weight is 1460 g/mol. The summed E-state index contributed by atoms with van der Waals surface area (Å²) in [4.78, 5) is 5.11. The maximum atomic E-state index is 7.44. The summed E-state index contributed by atoms with van der Waals surface area (Å²) in [5, 5.41) is 17.3. The van der Waals surface area contributed by atoms with Gasteiger partial charge in [0.25, 0.3) is 0 Å². The number of fused-ring (bicyclic) bond motifs is 13. The number of anilines is 6. The Bertz CT molecular complexity index is 6820. The van der Waals surface area contributed by atoms with E-state index in [-0.39, 0.29) is 0 Å². The van der Waals surface area contributed by atoms with Crippen LogP contribution in [0, 0.1) is 0 Å². The number of hydrogen-bond acceptors (Lipinski definition) is 4. The van der Waals surface area contributed by atoms with E-state index in [2.05, 4.69) is 386 Å². The van der Waals surface area contributed by atoms with Gasteiger partial charge in [0.15, 0.2) is 11.2 Å². The molecule has 0 radical (unpaired) electrons. The topological polar surface area (TPSA) is 32.8 Å². The highest BCUT2D eigenvalue weighted by Gasteiger charge is 2.49. The third kappa shape index (κ3) is 10.2. The number of furan rings is 2. The zero-order valence-electron chi connectivity index (χ0n) is 61.7. The van der Waals surface area contributed by atoms with Crippen LogP contribution in [-0.4, -0.2) is 16.1 Å². The van der Waals surface area contributed by atoms with Crippen LogP contribution in [0.4, 0.5) is 34.1 Å². The van der Waals surface area contributed by atoms with Gasteiger partial charge in [-0.2, -0.15) is 0 Å². The molecule has 2 saturated heterocycles. The van der Waals surface area contributed by atoms with Gasteiger partial charge in [-0.1, -0.05) is 356 Å². The summed E-state index contributed by atoms with van der Waals surface area (Å²) in [6.07, 6.45) is 5.05. The molecule has 0 bridgehead atoms. The third-order valence-electron chi connectivity index (χ3n) is 25.5. The third-order valence-corrected chi connectivity index (χ3v) is 36.0. The van der Waals surface area contributed by atoms with Crippen LogP contribution >= 0.6 is 0 Å². The molecule has 0 unspecified atom stereocenters. The highest BCUT2D eigenvalue weighted by atomic mass is 28.3. The Morgan fingerprint density at radius 1 is 0.252 bits per heavy atom. The van der Waals surface area contributed by atoms with Gasteiger partial charge in [0.05, 0.1) is 33.9 Å². The first-order valence-electron chi connectivity index (χ1n) is 39.6. The van der Waals surface area contributed by atoms with E-state index in [1.54, 1.807) is 0 Å². The average Bonchev–Trinajstić information content (AvgIpc) is 1.52. The molecule has 2 fully saturated rings. The lowest BCUT2D eigenvalue weighted by atomic mass is 9.67. The lowest BCUT2D eigenvalue weighted by molar-refractivity contribution is 0.669. The van der Waals surface area contributed by atoms with Crippen LogP contribution in [0.3, 0.4) is 0 Å². The molecular formula is C105H78N2O2Si2. The van der Waals surface area contributed by atoms with E-state index in [1.165, 1.54) is 115 Å². The Morgan fingerprint density at radius 2 is 0.658 bits per heavy atom. The van der Waals surface area contributed by atoms with Crippen LogP contribution in [0.1, 0.15) is 47.9 Å². The summed E-state index contributed by atoms with van der Waals surface area (Å²) >= 11 is 0. The van der Waals surface area contributed by atoms with Crippen molar-refractivity contribution in [3.05, 3.63) is 398 Å². The minimum absolute atomic E-state index is 0.834. The molecular weight excluding hydrogens is 1380 g/mol. The number of benzene rings is 17. The van der Waals surface area contributed by atoms with E-state index in [4.69, 9.17) is 8.83 Å². The maximum absolute atomic E-state index is 7.44. The summed E-state index contributed by atoms with van der Waals surface area (Å²) in [6.45, 7) is 0. The second-order valence-corrected chi connectivity index (χ2v) is 39.8. The number of rotatable bonds is 14. The smallest absolute Gasteiger partial charge is 0.159 e. The number of hydrogen-bond donors (Lipinski definition) is 0. The van der Waals surface area contributed by atoms with Gasteiger partial charge < -0.3 is 18.6 Å². The predicted octanol–water partition coefficient (Wildman–Crippen LogP) is 26.3. The minimum Gasteiger partial charge on any atom is -0.454 e. The van der Waals surface area contributed by atoms with E-state index in [9.17, 15) is 0 Å². The van der Waals surface area contributed by atoms with Crippen molar-refractivity contribution in [1.29, 1.82) is 0 Å². The molecule has 528 valence electrons. The fourth-order valence-corrected chi connectivity index (χ4v) is 30.7. The standard InChI is InChI=1S/C105H78N2O2Si2/c1-5-37-77(38-6-1)105(78-39-7-2-8-40-78)93-69-79(106(95-53-29-33-71-31-13-15-47-84(71)95)98-67-75(65-91-87-50-19-21-55-100(87)108-103(91)98)73-35-27-45-82(63-73)110(59-23-24-60-110)80-41-9-3-10-42-80)57-58-90(93)102-89-52-18-17-49-86(89)97(70-94(102)105)107(96-54-30-34-72-32-14-16-48-85(72)96)99-68-76(66-92-88-51-20-22-56-101(88)109-104(92)99)74-36-28-46-83(64-74)111(61-25-26-62-111)81-43-11-4-12-44-81/h1-22,27-58,63-70H,23-26,59-62H2. The SMILES string of the molecule is c1ccc(C2(c3ccccc3)c3cc(N(c4cccc5ccccc45)c4cc(-c5cccc([Si]6(c7ccccc7)CCCC6)c5)cc5c4oc4ccccc45)ccc3-c3c2cc(N(c2cccc4ccccc24)c2cc(-c4cccc([Si]5(c6ccccc6)CCCC5)c4)cc4c2oc2ccccc24)c2ccccc32)cc1. The van der Waals surface area contributed by atoms with Crippen LogP contribution in [0.15, 0.2) is 385 Å². The Morgan fingerprint density at radius 3 is 1.17 bits per heavy atom. The molecule has 2 aliphatic heterocycles. The van der Waals surface area contributed by atoms with E-state index in [0.29, 0.717) is 0 Å². The molecule has 1 aliphatic carbocycles. The number of nitrogens with zero attached hydrogens (tertiary/aromatic N) is 2. The van der Waals surface area contributed by atoms with Gasteiger partial charge in [-0.05, 0) is 163 Å². The number of para-hydroxylation sites is 2. The molecule has 0 amide bonds. The summed E-state index contributed by atoms with van der Waals surface area (Å²) in [7, 11) is -4.15. The van der Waals surface area contributed by atoms with E-state index in [1.807, 2.05) is 0 Å². The molecule has 6 heteroatoms. The molecule has 4 heterocycles. The van der Waals surface area contributed by atoms with Gasteiger partial charge in [0, 0.05) is 43.4 Å². The molecule has 111 heavy (non-hydrogen) atoms. The van der Waals surface area contributed by atoms with E-state index in [0.717, 1.165) is 121 Å². The molecule has 19 aromatic rings. The van der Waals surface area contributed by atoms with Crippen molar-refractivity contribution in [2.24, 2.45) is 0 Å². The van der Waals surface area contributed by atoms with Crippen molar-refractivity contribution in [3.63, 3.8) is 0 Å². The van der Waals surface area contributed by atoms with Crippen molar-refractivity contribution < 1.29 is 8.83 Å². The van der Waals surface area contributed by atoms with Crippen LogP contribution in [-0.2, 0) is 5.41 Å². The quantitative estimate of drug-likeness (QED) is 0.102. The van der Waals surface area contributed by atoms with Gasteiger partial charge in [0.2, 0.25) is 0 Å². The van der Waals surface area contributed by atoms with Gasteiger partial charge >= 0.3 is 0 Å². The van der Waals surface area contributed by atoms with Crippen molar-refractivity contribution in [3.8, 4) is 33.4 Å². The van der Waals surface area contributed by atoms with E-state index < -0.39 is 21.6 Å². The van der Waals surface area contributed by atoms with Crippen LogP contribution in [0.5, 0.6) is 0 Å². The van der Waals surface area contributed by atoms with Crippen molar-refractivity contribution in [2.75, 3.05) is 9.80 Å². The zero-order valence-corrected chi connectivity index (χ0v) is 63.7. The Hall–Kier alpha value is -12.8. The monoisotopic (exact) mass is 1450 g/mol. The molecule has 2 aromatic heterocycles. The van der Waals surface area contributed by atoms with Gasteiger partial charge in [-0.25, -0.2) is 0 Å². The molecule has 3 aliphatic rings. The second-order valence-electron chi connectivity index (χ2n) is 31.2. The van der Waals surface area contributed by atoms with Gasteiger partial charge in [-0.3, -0.25) is 0 Å². The highest BCUT2D eigenvalue weighted by molar-refractivity contribution is 7.03. The molecule has 0 N–H and O–H groups in total. The lowest BCUT2D eigenvalue weighted by Crippen LogP contribution is -2.55. The van der Waals surface area contributed by atoms with E-state index >= 15 is 0 Å². The highest BCUT2D eigenvalue weighted by Crippen LogP contribution is 2.62. The molecule has 17 aromatic carbocycles. The summed E-state index contributed by atoms with van der Waals surface area (Å²) < 4.78 is 14.8. The van der Waals surface area contributed by atoms with Gasteiger partial charge in [-0.15, -0.1) is 0 Å². The predicted molar refractivity (Wildman–Crippen MR) is 472 cm³/mol. The molecule has 22 rings (SSSR count). The first kappa shape index (κ1) is 65.3. The van der Waals surface area contributed by atoms with Crippen LogP contribution < -0.4 is 30.5 Å². The van der Waals surface area contributed by atoms with Crippen molar-refractivity contribution in [1.82, 2.24) is 0 Å². The minimum atomic E-state index is -2.08. The van der Waals surface area contributed by atoms with Crippen LogP contribution in [0.25, 0.3) is 110 Å². The van der Waals surface area contributed by atoms with Crippen molar-refractivity contribution >= 4 is 147 Å². The first-order chi connectivity index (χ1) is 55.0. The molecule has 0 spiro atoms. The Balaban J connectivity index is 0.814. The second kappa shape index (κ2) is 26.2. The molecule has 4 nitrogen and oxygen atoms in total. The fraction of sp³-hybridized carbons (Fsp3) is 0.0857. The summed E-state index contributed by atoms with van der Waals surface area (Å²) in [5.74, 6) is 0. The van der Waals surface area contributed by atoms with Crippen molar-refractivity contribution in [2.45, 2.75) is 55.3 Å². The van der Waals surface area contributed by atoms with Gasteiger partial charge in [0.1, 0.15) is 27.3 Å².